The molecule has 0 aromatic heterocycles. The highest BCUT2D eigenvalue weighted by molar-refractivity contribution is 5.80. The average Bonchev–Trinajstić information content (AvgIpc) is 2.87. The van der Waals surface area contributed by atoms with Gasteiger partial charge in [-0.25, -0.2) is 4.39 Å². The molecule has 2 atom stereocenters. The summed E-state index contributed by atoms with van der Waals surface area (Å²) >= 11 is 0. The predicted molar refractivity (Wildman–Crippen MR) is 71.6 cm³/mol. The van der Waals surface area contributed by atoms with E-state index in [0.717, 1.165) is 5.56 Å². The molecule has 0 radical (unpaired) electrons. The molecule has 0 spiro atoms. The maximum atomic E-state index is 13.1. The van der Waals surface area contributed by atoms with E-state index in [2.05, 4.69) is 0 Å². The van der Waals surface area contributed by atoms with E-state index >= 15 is 0 Å². The average molecular weight is 279 g/mol. The van der Waals surface area contributed by atoms with Gasteiger partial charge >= 0.3 is 5.97 Å². The molecular weight excluding hydrogens is 261 g/mol. The largest absolute Gasteiger partial charge is 0.481 e. The molecule has 1 saturated heterocycles. The molecule has 1 aromatic carbocycles. The van der Waals surface area contributed by atoms with Gasteiger partial charge in [-0.3, -0.25) is 9.59 Å². The van der Waals surface area contributed by atoms with Crippen LogP contribution in [0.5, 0.6) is 0 Å². The molecule has 20 heavy (non-hydrogen) atoms. The number of hydrogen-bond acceptors (Lipinski definition) is 2. The zero-order valence-electron chi connectivity index (χ0n) is 11.4. The molecule has 1 amide bonds. The number of rotatable bonds is 4. The summed E-state index contributed by atoms with van der Waals surface area (Å²) in [6.45, 7) is 2.56. The first-order chi connectivity index (χ1) is 9.47. The summed E-state index contributed by atoms with van der Waals surface area (Å²) in [5.74, 6) is -1.95. The number of carbonyl (C=O) groups excluding carboxylic acids is 1. The molecule has 0 saturated carbocycles. The molecule has 2 rings (SSSR count). The Morgan fingerprint density at radius 1 is 1.50 bits per heavy atom. The highest BCUT2D eigenvalue weighted by Crippen LogP contribution is 2.20. The van der Waals surface area contributed by atoms with Crippen molar-refractivity contribution in [1.82, 2.24) is 4.90 Å². The number of nitrogens with zero attached hydrogens (tertiary/aromatic N) is 1. The number of carboxylic acids is 1. The maximum Gasteiger partial charge on any atom is 0.308 e. The van der Waals surface area contributed by atoms with E-state index in [9.17, 15) is 14.0 Å². The fourth-order valence-electron chi connectivity index (χ4n) is 2.58. The third-order valence-corrected chi connectivity index (χ3v) is 3.70. The van der Waals surface area contributed by atoms with Crippen LogP contribution in [-0.4, -0.2) is 35.0 Å². The summed E-state index contributed by atoms with van der Waals surface area (Å²) in [6.07, 6.45) is 0.971. The molecule has 0 aliphatic carbocycles. The molecule has 4 nitrogen and oxygen atoms in total. The lowest BCUT2D eigenvalue weighted by Crippen LogP contribution is -2.34. The van der Waals surface area contributed by atoms with Crippen molar-refractivity contribution in [3.05, 3.63) is 35.6 Å². The minimum Gasteiger partial charge on any atom is -0.481 e. The minimum atomic E-state index is -0.849. The van der Waals surface area contributed by atoms with Crippen LogP contribution in [0.2, 0.25) is 0 Å². The van der Waals surface area contributed by atoms with Crippen LogP contribution >= 0.6 is 0 Å². The van der Waals surface area contributed by atoms with Crippen molar-refractivity contribution in [2.45, 2.75) is 19.8 Å². The molecule has 1 aliphatic heterocycles. The number of hydrogen-bond donors (Lipinski definition) is 1. The van der Waals surface area contributed by atoms with Gasteiger partial charge < -0.3 is 10.0 Å². The highest BCUT2D eigenvalue weighted by atomic mass is 19.1. The Labute approximate surface area is 117 Å². The van der Waals surface area contributed by atoms with Gasteiger partial charge in [-0.15, -0.1) is 0 Å². The van der Waals surface area contributed by atoms with Gasteiger partial charge in [0.1, 0.15) is 5.82 Å². The van der Waals surface area contributed by atoms with Gasteiger partial charge in [0.2, 0.25) is 5.91 Å². The van der Waals surface area contributed by atoms with Crippen LogP contribution in [0.25, 0.3) is 0 Å². The van der Waals surface area contributed by atoms with Crippen LogP contribution in [0.3, 0.4) is 0 Å². The zero-order chi connectivity index (χ0) is 14.7. The molecule has 0 bridgehead atoms. The van der Waals surface area contributed by atoms with E-state index in [0.29, 0.717) is 19.4 Å². The van der Waals surface area contributed by atoms with Crippen LogP contribution in [0.4, 0.5) is 4.39 Å². The number of amides is 1. The van der Waals surface area contributed by atoms with E-state index in [-0.39, 0.29) is 24.2 Å². The van der Waals surface area contributed by atoms with Crippen molar-refractivity contribution in [1.29, 1.82) is 0 Å². The van der Waals surface area contributed by atoms with Crippen molar-refractivity contribution in [3.8, 4) is 0 Å². The van der Waals surface area contributed by atoms with Crippen molar-refractivity contribution in [2.75, 3.05) is 13.1 Å². The molecule has 5 heteroatoms. The van der Waals surface area contributed by atoms with Crippen molar-refractivity contribution < 1.29 is 19.1 Å². The molecule has 0 unspecified atom stereocenters. The van der Waals surface area contributed by atoms with Gasteiger partial charge in [0, 0.05) is 19.0 Å². The predicted octanol–water partition coefficient (Wildman–Crippen LogP) is 1.94. The minimum absolute atomic E-state index is 0.0574. The van der Waals surface area contributed by atoms with E-state index in [1.54, 1.807) is 24.0 Å². The van der Waals surface area contributed by atoms with Crippen LogP contribution < -0.4 is 0 Å². The lowest BCUT2D eigenvalue weighted by Gasteiger charge is -2.20. The fourth-order valence-corrected chi connectivity index (χ4v) is 2.58. The normalized spacial score (nSPS) is 19.9. The quantitative estimate of drug-likeness (QED) is 0.916. The van der Waals surface area contributed by atoms with Crippen LogP contribution in [0, 0.1) is 17.7 Å². The standard InChI is InChI=1S/C15H18FNO3/c1-10(7-11-3-2-4-13(16)8-11)14(18)17-6-5-12(9-17)15(19)20/h2-4,8,10,12H,5-7,9H2,1H3,(H,19,20)/t10-,12-/m1/s1. The summed E-state index contributed by atoms with van der Waals surface area (Å²) in [5.41, 5.74) is 0.778. The first-order valence-electron chi connectivity index (χ1n) is 6.73. The number of likely N-dealkylation sites (tertiary alicyclic amines) is 1. The van der Waals surface area contributed by atoms with Gasteiger partial charge in [0.25, 0.3) is 0 Å². The van der Waals surface area contributed by atoms with Gasteiger partial charge in [-0.1, -0.05) is 19.1 Å². The summed E-state index contributed by atoms with van der Waals surface area (Å²) < 4.78 is 13.1. The smallest absolute Gasteiger partial charge is 0.308 e. The molecule has 108 valence electrons. The molecular formula is C15H18FNO3. The Bertz CT molecular complexity index is 518. The summed E-state index contributed by atoms with van der Waals surface area (Å²) in [5, 5.41) is 8.94. The summed E-state index contributed by atoms with van der Waals surface area (Å²) in [4.78, 5) is 24.7. The van der Waals surface area contributed by atoms with Crippen molar-refractivity contribution >= 4 is 11.9 Å². The zero-order valence-corrected chi connectivity index (χ0v) is 11.4. The Morgan fingerprint density at radius 3 is 2.85 bits per heavy atom. The monoisotopic (exact) mass is 279 g/mol. The fraction of sp³-hybridized carbons (Fsp3) is 0.467. The first-order valence-corrected chi connectivity index (χ1v) is 6.73. The Hall–Kier alpha value is -1.91. The van der Waals surface area contributed by atoms with Gasteiger partial charge in [0.05, 0.1) is 5.92 Å². The SMILES string of the molecule is C[C@H](Cc1cccc(F)c1)C(=O)N1CC[C@@H](C(=O)O)C1. The van der Waals surface area contributed by atoms with E-state index in [1.165, 1.54) is 12.1 Å². The van der Waals surface area contributed by atoms with E-state index < -0.39 is 11.9 Å². The Kier molecular flexibility index (Phi) is 4.37. The summed E-state index contributed by atoms with van der Waals surface area (Å²) in [6, 6.07) is 6.21. The highest BCUT2D eigenvalue weighted by Gasteiger charge is 2.32. The number of carbonyl (C=O) groups is 2. The molecule has 1 fully saturated rings. The Balaban J connectivity index is 1.94. The second kappa shape index (κ2) is 6.03. The molecule has 1 aromatic rings. The second-order valence-electron chi connectivity index (χ2n) is 5.34. The van der Waals surface area contributed by atoms with Crippen molar-refractivity contribution in [2.24, 2.45) is 11.8 Å². The number of benzene rings is 1. The van der Waals surface area contributed by atoms with E-state index in [1.807, 2.05) is 0 Å². The third-order valence-electron chi connectivity index (χ3n) is 3.70. The second-order valence-corrected chi connectivity index (χ2v) is 5.34. The van der Waals surface area contributed by atoms with Gasteiger partial charge in [-0.05, 0) is 30.5 Å². The van der Waals surface area contributed by atoms with Gasteiger partial charge in [0.15, 0.2) is 0 Å². The third kappa shape index (κ3) is 3.35. The molecule has 1 heterocycles. The summed E-state index contributed by atoms with van der Waals surface area (Å²) in [7, 11) is 0. The van der Waals surface area contributed by atoms with E-state index in [4.69, 9.17) is 5.11 Å². The lowest BCUT2D eigenvalue weighted by atomic mass is 10.00. The van der Waals surface area contributed by atoms with Gasteiger partial charge in [-0.2, -0.15) is 0 Å². The van der Waals surface area contributed by atoms with Crippen LogP contribution in [-0.2, 0) is 16.0 Å². The topological polar surface area (TPSA) is 57.6 Å². The van der Waals surface area contributed by atoms with Crippen LogP contribution in [0.1, 0.15) is 18.9 Å². The molecule has 1 N–H and O–H groups in total. The number of halogens is 1. The number of carboxylic acid groups (broad SMARTS) is 1. The lowest BCUT2D eigenvalue weighted by molar-refractivity contribution is -0.141. The first kappa shape index (κ1) is 14.5. The van der Waals surface area contributed by atoms with Crippen LogP contribution in [0.15, 0.2) is 24.3 Å². The van der Waals surface area contributed by atoms with Crippen molar-refractivity contribution in [3.63, 3.8) is 0 Å². The number of aliphatic carboxylic acids is 1. The molecule has 1 aliphatic rings. The maximum absolute atomic E-state index is 13.1. The Morgan fingerprint density at radius 2 is 2.25 bits per heavy atom.